The number of nitrogens with zero attached hydrogens (tertiary/aromatic N) is 2. The molecule has 3 rings (SSSR count). The molecule has 0 aromatic carbocycles. The first-order valence-electron chi connectivity index (χ1n) is 7.17. The normalized spacial score (nSPS) is 21.4. The highest BCUT2D eigenvalue weighted by atomic mass is 16.5. The van der Waals surface area contributed by atoms with Crippen LogP contribution in [0.3, 0.4) is 0 Å². The molecule has 1 N–H and O–H groups in total. The van der Waals surface area contributed by atoms with Gasteiger partial charge in [0.25, 0.3) is 0 Å². The Morgan fingerprint density at radius 2 is 2.24 bits per heavy atom. The summed E-state index contributed by atoms with van der Waals surface area (Å²) in [6.45, 7) is 3.76. The largest absolute Gasteiger partial charge is 0.363 e. The summed E-state index contributed by atoms with van der Waals surface area (Å²) in [5.74, 6) is 0.569. The van der Waals surface area contributed by atoms with E-state index < -0.39 is 0 Å². The Bertz CT molecular complexity index is 534. The molecule has 0 aliphatic carbocycles. The molecule has 2 saturated heterocycles. The highest BCUT2D eigenvalue weighted by Gasteiger charge is 2.39. The molecule has 0 radical (unpaired) electrons. The van der Waals surface area contributed by atoms with Gasteiger partial charge >= 0.3 is 0 Å². The zero-order chi connectivity index (χ0) is 14.9. The van der Waals surface area contributed by atoms with Crippen molar-refractivity contribution in [2.24, 2.45) is 0 Å². The number of morpholine rings is 1. The Morgan fingerprint density at radius 3 is 2.81 bits per heavy atom. The Kier molecular flexibility index (Phi) is 3.67. The van der Waals surface area contributed by atoms with E-state index in [9.17, 15) is 9.59 Å². The summed E-state index contributed by atoms with van der Waals surface area (Å²) in [6.07, 6.45) is 1.73. The molecule has 2 fully saturated rings. The van der Waals surface area contributed by atoms with Gasteiger partial charge < -0.3 is 19.5 Å². The van der Waals surface area contributed by atoms with Gasteiger partial charge in [-0.1, -0.05) is 5.16 Å². The fraction of sp³-hybridized carbons (Fsp3) is 0.643. The monoisotopic (exact) mass is 293 g/mol. The third-order valence-corrected chi connectivity index (χ3v) is 4.15. The topological polar surface area (TPSA) is 84.7 Å². The van der Waals surface area contributed by atoms with Crippen molar-refractivity contribution in [3.63, 3.8) is 0 Å². The molecule has 2 amide bonds. The number of ether oxygens (including phenoxy) is 1. The third kappa shape index (κ3) is 3.07. The Balaban J connectivity index is 1.53. The summed E-state index contributed by atoms with van der Waals surface area (Å²) >= 11 is 0. The maximum atomic E-state index is 12.2. The van der Waals surface area contributed by atoms with E-state index in [0.29, 0.717) is 25.4 Å². The van der Waals surface area contributed by atoms with Gasteiger partial charge in [-0.05, 0) is 19.8 Å². The molecule has 0 bridgehead atoms. The van der Waals surface area contributed by atoms with Crippen LogP contribution < -0.4 is 5.32 Å². The number of piperidine rings is 1. The van der Waals surface area contributed by atoms with Crippen molar-refractivity contribution in [1.29, 1.82) is 0 Å². The van der Waals surface area contributed by atoms with E-state index >= 15 is 0 Å². The summed E-state index contributed by atoms with van der Waals surface area (Å²) in [4.78, 5) is 25.2. The molecule has 114 valence electrons. The molecule has 1 spiro atoms. The molecule has 0 atom stereocenters. The Morgan fingerprint density at radius 1 is 1.48 bits per heavy atom. The number of likely N-dealkylation sites (tertiary alicyclic amines) is 1. The lowest BCUT2D eigenvalue weighted by Gasteiger charge is -2.43. The first-order chi connectivity index (χ1) is 10.1. The number of carbonyl (C=O) groups is 2. The standard InChI is InChI=1S/C14H19N3O4/c1-10-6-11(21-16-10)7-13(19)17-4-2-14(3-5-17)9-15-12(18)8-20-14/h6H,2-5,7-9H2,1H3,(H,15,18). The molecule has 21 heavy (non-hydrogen) atoms. The number of hydrogen-bond donors (Lipinski definition) is 1. The second-order valence-corrected chi connectivity index (χ2v) is 5.74. The Labute approximate surface area is 122 Å². The van der Waals surface area contributed by atoms with Crippen LogP contribution in [0.1, 0.15) is 24.3 Å². The average molecular weight is 293 g/mol. The van der Waals surface area contributed by atoms with Crippen molar-refractivity contribution in [2.75, 3.05) is 26.2 Å². The van der Waals surface area contributed by atoms with E-state index in [-0.39, 0.29) is 30.4 Å². The summed E-state index contributed by atoms with van der Waals surface area (Å²) in [7, 11) is 0. The van der Waals surface area contributed by atoms with Crippen LogP contribution in [0.15, 0.2) is 10.6 Å². The van der Waals surface area contributed by atoms with E-state index in [1.54, 1.807) is 6.07 Å². The van der Waals surface area contributed by atoms with Crippen molar-refractivity contribution in [1.82, 2.24) is 15.4 Å². The second kappa shape index (κ2) is 5.48. The van der Waals surface area contributed by atoms with E-state index in [0.717, 1.165) is 18.5 Å². The van der Waals surface area contributed by atoms with Crippen LogP contribution in [0.2, 0.25) is 0 Å². The average Bonchev–Trinajstić information content (AvgIpc) is 2.88. The van der Waals surface area contributed by atoms with Crippen molar-refractivity contribution in [3.8, 4) is 0 Å². The van der Waals surface area contributed by atoms with Crippen molar-refractivity contribution < 1.29 is 18.8 Å². The first-order valence-corrected chi connectivity index (χ1v) is 7.17. The smallest absolute Gasteiger partial charge is 0.246 e. The molecule has 1 aromatic heterocycles. The molecule has 0 unspecified atom stereocenters. The molecule has 1 aromatic rings. The fourth-order valence-corrected chi connectivity index (χ4v) is 2.83. The van der Waals surface area contributed by atoms with Crippen LogP contribution in [0.25, 0.3) is 0 Å². The molecule has 7 nitrogen and oxygen atoms in total. The van der Waals surface area contributed by atoms with Crippen molar-refractivity contribution in [2.45, 2.75) is 31.8 Å². The number of hydrogen-bond acceptors (Lipinski definition) is 5. The highest BCUT2D eigenvalue weighted by molar-refractivity contribution is 5.79. The van der Waals surface area contributed by atoms with Crippen LogP contribution >= 0.6 is 0 Å². The summed E-state index contributed by atoms with van der Waals surface area (Å²) in [5, 5.41) is 6.62. The summed E-state index contributed by atoms with van der Waals surface area (Å²) < 4.78 is 10.8. The van der Waals surface area contributed by atoms with Crippen LogP contribution in [0.5, 0.6) is 0 Å². The Hall–Kier alpha value is -1.89. The minimum Gasteiger partial charge on any atom is -0.363 e. The number of nitrogens with one attached hydrogen (secondary N) is 1. The van der Waals surface area contributed by atoms with Gasteiger partial charge in [-0.3, -0.25) is 9.59 Å². The number of aromatic nitrogens is 1. The van der Waals surface area contributed by atoms with Crippen LogP contribution in [0, 0.1) is 6.92 Å². The van der Waals surface area contributed by atoms with Gasteiger partial charge in [0.05, 0.1) is 17.7 Å². The molecule has 2 aliphatic rings. The minimum atomic E-state index is -0.298. The number of carbonyl (C=O) groups excluding carboxylic acids is 2. The number of rotatable bonds is 2. The lowest BCUT2D eigenvalue weighted by atomic mass is 9.90. The lowest BCUT2D eigenvalue weighted by molar-refractivity contribution is -0.154. The molecular weight excluding hydrogens is 274 g/mol. The van der Waals surface area contributed by atoms with Gasteiger partial charge in [0.1, 0.15) is 12.4 Å². The molecular formula is C14H19N3O4. The number of aryl methyl sites for hydroxylation is 1. The van der Waals surface area contributed by atoms with Gasteiger partial charge in [0.2, 0.25) is 11.8 Å². The second-order valence-electron chi connectivity index (χ2n) is 5.74. The maximum absolute atomic E-state index is 12.2. The van der Waals surface area contributed by atoms with Gasteiger partial charge in [0.15, 0.2) is 0 Å². The lowest BCUT2D eigenvalue weighted by Crippen LogP contribution is -2.58. The summed E-state index contributed by atoms with van der Waals surface area (Å²) in [6, 6.07) is 1.78. The van der Waals surface area contributed by atoms with E-state index in [1.807, 2.05) is 11.8 Å². The predicted molar refractivity (Wildman–Crippen MR) is 72.5 cm³/mol. The van der Waals surface area contributed by atoms with Crippen LogP contribution in [-0.2, 0) is 20.7 Å². The van der Waals surface area contributed by atoms with E-state index in [4.69, 9.17) is 9.26 Å². The molecule has 7 heteroatoms. The van der Waals surface area contributed by atoms with E-state index in [1.165, 1.54) is 0 Å². The third-order valence-electron chi connectivity index (χ3n) is 4.15. The quantitative estimate of drug-likeness (QED) is 0.832. The summed E-state index contributed by atoms with van der Waals surface area (Å²) in [5.41, 5.74) is 0.481. The molecule has 2 aliphatic heterocycles. The van der Waals surface area contributed by atoms with Crippen molar-refractivity contribution in [3.05, 3.63) is 17.5 Å². The zero-order valence-electron chi connectivity index (χ0n) is 12.1. The zero-order valence-corrected chi connectivity index (χ0v) is 12.1. The highest BCUT2D eigenvalue weighted by Crippen LogP contribution is 2.27. The van der Waals surface area contributed by atoms with Gasteiger partial charge in [0, 0.05) is 25.7 Å². The number of amides is 2. The fourth-order valence-electron chi connectivity index (χ4n) is 2.83. The minimum absolute atomic E-state index is 0.0424. The first kappa shape index (κ1) is 14.1. The van der Waals surface area contributed by atoms with E-state index in [2.05, 4.69) is 10.5 Å². The van der Waals surface area contributed by atoms with Gasteiger partial charge in [-0.2, -0.15) is 0 Å². The van der Waals surface area contributed by atoms with Crippen LogP contribution in [0.4, 0.5) is 0 Å². The predicted octanol–water partition coefficient (Wildman–Crippen LogP) is 0.0331. The molecule has 3 heterocycles. The van der Waals surface area contributed by atoms with Gasteiger partial charge in [-0.25, -0.2) is 0 Å². The SMILES string of the molecule is Cc1cc(CC(=O)N2CCC3(CC2)CNC(=O)CO3)on1. The van der Waals surface area contributed by atoms with Gasteiger partial charge in [-0.15, -0.1) is 0 Å². The maximum Gasteiger partial charge on any atom is 0.246 e. The van der Waals surface area contributed by atoms with Crippen molar-refractivity contribution >= 4 is 11.8 Å². The molecule has 0 saturated carbocycles. The van der Waals surface area contributed by atoms with Crippen LogP contribution in [-0.4, -0.2) is 53.7 Å².